The van der Waals surface area contributed by atoms with E-state index < -0.39 is 0 Å². The highest BCUT2D eigenvalue weighted by Gasteiger charge is 2.06. The van der Waals surface area contributed by atoms with E-state index in [0.717, 1.165) is 29.4 Å². The Morgan fingerprint density at radius 2 is 1.92 bits per heavy atom. The molecule has 0 saturated heterocycles. The zero-order valence-electron chi connectivity index (χ0n) is 15.0. The smallest absolute Gasteiger partial charge is 0.193 e. The number of hydrogen-bond donors (Lipinski definition) is 1. The van der Waals surface area contributed by atoms with Crippen molar-refractivity contribution < 1.29 is 4.74 Å². The van der Waals surface area contributed by atoms with Crippen molar-refractivity contribution in [1.82, 2.24) is 10.2 Å². The van der Waals surface area contributed by atoms with Gasteiger partial charge in [0, 0.05) is 20.6 Å². The van der Waals surface area contributed by atoms with Crippen molar-refractivity contribution in [2.24, 2.45) is 4.99 Å². The van der Waals surface area contributed by atoms with Crippen LogP contribution in [0.5, 0.6) is 5.75 Å². The first kappa shape index (κ1) is 18.3. The molecule has 0 aromatic heterocycles. The maximum atomic E-state index is 8.84. The number of nitriles is 1. The van der Waals surface area contributed by atoms with Crippen LogP contribution in [0.4, 0.5) is 0 Å². The third-order valence-corrected chi connectivity index (χ3v) is 3.88. The molecule has 0 aliphatic heterocycles. The molecule has 1 N–H and O–H groups in total. The highest BCUT2D eigenvalue weighted by molar-refractivity contribution is 5.79. The van der Waals surface area contributed by atoms with E-state index in [4.69, 9.17) is 10.00 Å². The Morgan fingerprint density at radius 3 is 2.56 bits per heavy atom. The van der Waals surface area contributed by atoms with Gasteiger partial charge in [-0.1, -0.05) is 30.3 Å². The maximum absolute atomic E-state index is 8.84. The fourth-order valence-corrected chi connectivity index (χ4v) is 2.38. The topological polar surface area (TPSA) is 60.7 Å². The summed E-state index contributed by atoms with van der Waals surface area (Å²) >= 11 is 0. The number of likely N-dealkylation sites (N-methyl/N-ethyl adjacent to an activating group) is 1. The molecule has 0 saturated carbocycles. The van der Waals surface area contributed by atoms with Gasteiger partial charge in [0.05, 0.1) is 18.2 Å². The molecule has 5 nitrogen and oxygen atoms in total. The summed E-state index contributed by atoms with van der Waals surface area (Å²) in [6.07, 6.45) is 0. The summed E-state index contributed by atoms with van der Waals surface area (Å²) in [5, 5.41) is 12.2. The second-order valence-corrected chi connectivity index (χ2v) is 5.75. The molecule has 25 heavy (non-hydrogen) atoms. The minimum absolute atomic E-state index is 0.582. The van der Waals surface area contributed by atoms with E-state index in [1.165, 1.54) is 0 Å². The van der Waals surface area contributed by atoms with Crippen LogP contribution in [0.2, 0.25) is 0 Å². The first-order valence-corrected chi connectivity index (χ1v) is 8.23. The van der Waals surface area contributed by atoms with Gasteiger partial charge in [-0.05, 0) is 36.2 Å². The minimum atomic E-state index is 0.582. The van der Waals surface area contributed by atoms with Crippen molar-refractivity contribution in [2.45, 2.75) is 13.5 Å². The third kappa shape index (κ3) is 5.54. The van der Waals surface area contributed by atoms with Crippen LogP contribution < -0.4 is 10.1 Å². The van der Waals surface area contributed by atoms with Crippen molar-refractivity contribution in [3.8, 4) is 11.8 Å². The van der Waals surface area contributed by atoms with Crippen molar-refractivity contribution >= 4 is 5.96 Å². The Bertz CT molecular complexity index is 747. The lowest BCUT2D eigenvalue weighted by molar-refractivity contribution is 0.280. The van der Waals surface area contributed by atoms with E-state index in [2.05, 4.69) is 16.4 Å². The van der Waals surface area contributed by atoms with Gasteiger partial charge in [-0.2, -0.15) is 5.26 Å². The summed E-state index contributed by atoms with van der Waals surface area (Å²) < 4.78 is 5.84. The summed E-state index contributed by atoms with van der Waals surface area (Å²) in [6, 6.07) is 17.6. The van der Waals surface area contributed by atoms with Crippen LogP contribution in [0.1, 0.15) is 16.7 Å². The number of nitrogens with one attached hydrogen (secondary N) is 1. The van der Waals surface area contributed by atoms with Crippen LogP contribution in [0.3, 0.4) is 0 Å². The number of para-hydroxylation sites is 1. The van der Waals surface area contributed by atoms with Gasteiger partial charge in [0.1, 0.15) is 12.4 Å². The van der Waals surface area contributed by atoms with E-state index in [-0.39, 0.29) is 0 Å². The number of aryl methyl sites for hydroxylation is 1. The van der Waals surface area contributed by atoms with Crippen LogP contribution in [0.25, 0.3) is 0 Å². The molecule has 0 aliphatic carbocycles. The Labute approximate surface area is 149 Å². The fourth-order valence-electron chi connectivity index (χ4n) is 2.38. The number of aliphatic imine (C=N–C) groups is 1. The summed E-state index contributed by atoms with van der Waals surface area (Å²) in [7, 11) is 3.75. The molecule has 0 fully saturated rings. The van der Waals surface area contributed by atoms with Crippen LogP contribution in [0, 0.1) is 18.3 Å². The maximum Gasteiger partial charge on any atom is 0.193 e. The first-order chi connectivity index (χ1) is 12.1. The number of hydrogen-bond acceptors (Lipinski definition) is 3. The fraction of sp³-hybridized carbons (Fsp3) is 0.300. The Balaban J connectivity index is 1.81. The van der Waals surface area contributed by atoms with E-state index in [0.29, 0.717) is 18.7 Å². The minimum Gasteiger partial charge on any atom is -0.491 e. The first-order valence-electron chi connectivity index (χ1n) is 8.23. The van der Waals surface area contributed by atoms with Gasteiger partial charge in [0.2, 0.25) is 0 Å². The lowest BCUT2D eigenvalue weighted by Gasteiger charge is -2.22. The van der Waals surface area contributed by atoms with Crippen molar-refractivity contribution in [1.29, 1.82) is 5.26 Å². The van der Waals surface area contributed by atoms with Gasteiger partial charge in [-0.3, -0.25) is 4.99 Å². The number of ether oxygens (including phenoxy) is 1. The summed E-state index contributed by atoms with van der Waals surface area (Å²) in [4.78, 5) is 6.33. The van der Waals surface area contributed by atoms with Crippen molar-refractivity contribution in [3.05, 3.63) is 65.2 Å². The molecule has 0 bridgehead atoms. The van der Waals surface area contributed by atoms with Gasteiger partial charge in [0.25, 0.3) is 0 Å². The lowest BCUT2D eigenvalue weighted by atomic mass is 10.1. The van der Waals surface area contributed by atoms with Crippen molar-refractivity contribution in [2.75, 3.05) is 27.2 Å². The molecule has 0 atom stereocenters. The number of rotatable bonds is 6. The molecule has 2 rings (SSSR count). The predicted molar refractivity (Wildman–Crippen MR) is 101 cm³/mol. The third-order valence-electron chi connectivity index (χ3n) is 3.88. The van der Waals surface area contributed by atoms with Crippen molar-refractivity contribution in [3.63, 3.8) is 0 Å². The van der Waals surface area contributed by atoms with Crippen LogP contribution in [-0.4, -0.2) is 38.1 Å². The average molecular weight is 336 g/mol. The molecule has 0 heterocycles. The summed E-state index contributed by atoms with van der Waals surface area (Å²) in [5.74, 6) is 1.72. The molecule has 130 valence electrons. The number of benzene rings is 2. The molecule has 0 unspecified atom stereocenters. The largest absolute Gasteiger partial charge is 0.491 e. The van der Waals surface area contributed by atoms with Gasteiger partial charge in [-0.15, -0.1) is 0 Å². The van der Waals surface area contributed by atoms with Gasteiger partial charge in [-0.25, -0.2) is 0 Å². The summed E-state index contributed by atoms with van der Waals surface area (Å²) in [6.45, 7) is 4.00. The van der Waals surface area contributed by atoms with Crippen LogP contribution in [0.15, 0.2) is 53.5 Å². The molecule has 5 heteroatoms. The molecule has 2 aromatic rings. The molecule has 2 aromatic carbocycles. The molecule has 0 aliphatic rings. The highest BCUT2D eigenvalue weighted by atomic mass is 16.5. The monoisotopic (exact) mass is 336 g/mol. The molecule has 0 radical (unpaired) electrons. The average Bonchev–Trinajstić information content (AvgIpc) is 2.64. The SMILES string of the molecule is CN=C(NCc1ccc(C#N)cc1)N(C)CCOc1ccccc1C. The molecule has 0 spiro atoms. The van der Waals surface area contributed by atoms with E-state index in [1.807, 2.05) is 67.4 Å². The Kier molecular flexibility index (Phi) is 6.85. The molecule has 0 amide bonds. The molecular formula is C20H24N4O. The zero-order valence-corrected chi connectivity index (χ0v) is 15.0. The van der Waals surface area contributed by atoms with E-state index in [1.54, 1.807) is 7.05 Å². The quantitative estimate of drug-likeness (QED) is 0.651. The Morgan fingerprint density at radius 1 is 1.20 bits per heavy atom. The zero-order chi connectivity index (χ0) is 18.1. The lowest BCUT2D eigenvalue weighted by Crippen LogP contribution is -2.40. The van der Waals surface area contributed by atoms with Gasteiger partial charge >= 0.3 is 0 Å². The Hall–Kier alpha value is -3.00. The highest BCUT2D eigenvalue weighted by Crippen LogP contribution is 2.15. The predicted octanol–water partition coefficient (Wildman–Crippen LogP) is 2.95. The standard InChI is InChI=1S/C20H24N4O/c1-16-6-4-5-7-19(16)25-13-12-24(3)20(22-2)23-15-18-10-8-17(14-21)9-11-18/h4-11H,12-13,15H2,1-3H3,(H,22,23). The van der Waals surface area contributed by atoms with Gasteiger partial charge in [0.15, 0.2) is 5.96 Å². The number of nitrogens with zero attached hydrogens (tertiary/aromatic N) is 3. The van der Waals surface area contributed by atoms with E-state index >= 15 is 0 Å². The van der Waals surface area contributed by atoms with Gasteiger partial charge < -0.3 is 15.0 Å². The second-order valence-electron chi connectivity index (χ2n) is 5.75. The van der Waals surface area contributed by atoms with E-state index in [9.17, 15) is 0 Å². The summed E-state index contributed by atoms with van der Waals surface area (Å²) in [5.41, 5.74) is 2.90. The second kappa shape index (κ2) is 9.33. The normalized spacial score (nSPS) is 10.9. The van der Waals surface area contributed by atoms with Crippen LogP contribution >= 0.6 is 0 Å². The van der Waals surface area contributed by atoms with Crippen LogP contribution in [-0.2, 0) is 6.54 Å². The number of guanidine groups is 1. The molecular weight excluding hydrogens is 312 g/mol.